The zero-order valence-electron chi connectivity index (χ0n) is 30.1. The van der Waals surface area contributed by atoms with Gasteiger partial charge in [-0.2, -0.15) is 0 Å². The van der Waals surface area contributed by atoms with Crippen molar-refractivity contribution in [2.45, 2.75) is 187 Å². The van der Waals surface area contributed by atoms with Gasteiger partial charge in [-0.05, 0) is 77.0 Å². The quantitative estimate of drug-likeness (QED) is 0.0429. The topological polar surface area (TPSA) is 72.8 Å². The average Bonchev–Trinajstić information content (AvgIpc) is 3.06. The zero-order chi connectivity index (χ0) is 33.6. The van der Waals surface area contributed by atoms with Crippen molar-refractivity contribution in [3.63, 3.8) is 0 Å². The van der Waals surface area contributed by atoms with E-state index in [0.29, 0.717) is 12.8 Å². The van der Waals surface area contributed by atoms with Crippen LogP contribution in [0.3, 0.4) is 0 Å². The summed E-state index contributed by atoms with van der Waals surface area (Å²) in [5, 5.41) is 9.54. The van der Waals surface area contributed by atoms with E-state index in [9.17, 15) is 14.7 Å². The Hall–Kier alpha value is -2.14. The van der Waals surface area contributed by atoms with Gasteiger partial charge >= 0.3 is 11.9 Å². The molecule has 0 aromatic carbocycles. The highest BCUT2D eigenvalue weighted by Crippen LogP contribution is 2.12. The van der Waals surface area contributed by atoms with Crippen molar-refractivity contribution in [3.8, 4) is 0 Å². The van der Waals surface area contributed by atoms with E-state index in [1.165, 1.54) is 103 Å². The summed E-state index contributed by atoms with van der Waals surface area (Å²) in [6, 6.07) is 0. The molecule has 1 atom stereocenters. The van der Waals surface area contributed by atoms with E-state index in [2.05, 4.69) is 62.5 Å². The van der Waals surface area contributed by atoms with Crippen LogP contribution < -0.4 is 0 Å². The van der Waals surface area contributed by atoms with E-state index in [-0.39, 0.29) is 25.2 Å². The lowest BCUT2D eigenvalue weighted by Crippen LogP contribution is -2.28. The van der Waals surface area contributed by atoms with Crippen molar-refractivity contribution >= 4 is 11.9 Å². The second-order valence-corrected chi connectivity index (χ2v) is 12.6. The highest BCUT2D eigenvalue weighted by Gasteiger charge is 2.16. The van der Waals surface area contributed by atoms with Crippen LogP contribution in [0.25, 0.3) is 0 Å². The molecule has 0 bridgehead atoms. The van der Waals surface area contributed by atoms with Crippen LogP contribution in [-0.2, 0) is 19.1 Å². The van der Waals surface area contributed by atoms with E-state index < -0.39 is 6.10 Å². The van der Waals surface area contributed by atoms with Gasteiger partial charge in [0.15, 0.2) is 6.10 Å². The molecule has 0 amide bonds. The smallest absolute Gasteiger partial charge is 0.306 e. The second-order valence-electron chi connectivity index (χ2n) is 12.6. The van der Waals surface area contributed by atoms with Crippen molar-refractivity contribution in [2.75, 3.05) is 13.2 Å². The molecular formula is C41H72O5. The summed E-state index contributed by atoms with van der Waals surface area (Å²) >= 11 is 0. The van der Waals surface area contributed by atoms with Crippen LogP contribution in [0.5, 0.6) is 0 Å². The monoisotopic (exact) mass is 645 g/mol. The summed E-state index contributed by atoms with van der Waals surface area (Å²) < 4.78 is 10.6. The molecule has 5 nitrogen and oxygen atoms in total. The molecule has 266 valence electrons. The number of ether oxygens (including phenoxy) is 2. The van der Waals surface area contributed by atoms with Crippen LogP contribution in [0.4, 0.5) is 0 Å². The lowest BCUT2D eigenvalue weighted by Gasteiger charge is -2.15. The standard InChI is InChI=1S/C41H72O5/c1-3-5-7-9-11-13-15-17-19-20-22-24-26-28-30-32-34-36-41(44)46-39(37-42)38-45-40(43)35-33-31-29-27-25-23-21-18-16-14-12-10-8-6-4-2/h12,14,17-19,21,25,27,39,42H,3-11,13,15-16,20,22-24,26,28-38H2,1-2H3/b14-12-,19-17-,21-18-,27-25-/t39-/m0/s1. The van der Waals surface area contributed by atoms with Gasteiger partial charge in [-0.3, -0.25) is 9.59 Å². The molecule has 1 N–H and O–H groups in total. The maximum Gasteiger partial charge on any atom is 0.306 e. The lowest BCUT2D eigenvalue weighted by molar-refractivity contribution is -0.161. The van der Waals surface area contributed by atoms with Crippen LogP contribution in [0.1, 0.15) is 181 Å². The number of unbranched alkanes of at least 4 members (excludes halogenated alkanes) is 18. The molecule has 46 heavy (non-hydrogen) atoms. The fourth-order valence-corrected chi connectivity index (χ4v) is 5.14. The number of hydrogen-bond donors (Lipinski definition) is 1. The lowest BCUT2D eigenvalue weighted by atomic mass is 10.1. The first-order valence-electron chi connectivity index (χ1n) is 19.2. The van der Waals surface area contributed by atoms with E-state index in [1.807, 2.05) is 0 Å². The number of esters is 2. The van der Waals surface area contributed by atoms with Gasteiger partial charge in [0.1, 0.15) is 6.61 Å². The molecule has 0 saturated heterocycles. The minimum absolute atomic E-state index is 0.0878. The highest BCUT2D eigenvalue weighted by atomic mass is 16.6. The van der Waals surface area contributed by atoms with E-state index in [1.54, 1.807) is 0 Å². The molecule has 0 unspecified atom stereocenters. The molecule has 5 heteroatoms. The van der Waals surface area contributed by atoms with Crippen LogP contribution >= 0.6 is 0 Å². The molecule has 0 aliphatic carbocycles. The van der Waals surface area contributed by atoms with Crippen molar-refractivity contribution in [2.24, 2.45) is 0 Å². The summed E-state index contributed by atoms with van der Waals surface area (Å²) in [4.78, 5) is 24.2. The Morgan fingerprint density at radius 3 is 1.41 bits per heavy atom. The Labute approximate surface area is 284 Å². The van der Waals surface area contributed by atoms with Crippen molar-refractivity contribution in [3.05, 3.63) is 48.6 Å². The first-order valence-corrected chi connectivity index (χ1v) is 19.2. The van der Waals surface area contributed by atoms with Gasteiger partial charge in [-0.25, -0.2) is 0 Å². The SMILES string of the molecule is CCCCC/C=C\C/C=C\C/C=C\CCCCC(=O)OC[C@H](CO)OC(=O)CCCCCCCCC/C=C\CCCCCCCC. The molecule has 0 aliphatic heterocycles. The Morgan fingerprint density at radius 1 is 0.500 bits per heavy atom. The summed E-state index contributed by atoms with van der Waals surface area (Å²) in [6.07, 6.45) is 46.0. The minimum Gasteiger partial charge on any atom is -0.462 e. The fourth-order valence-electron chi connectivity index (χ4n) is 5.14. The zero-order valence-corrected chi connectivity index (χ0v) is 30.1. The molecule has 0 radical (unpaired) electrons. The second kappa shape index (κ2) is 37.3. The van der Waals surface area contributed by atoms with Gasteiger partial charge in [0.2, 0.25) is 0 Å². The van der Waals surface area contributed by atoms with E-state index >= 15 is 0 Å². The Kier molecular flexibility index (Phi) is 35.6. The van der Waals surface area contributed by atoms with E-state index in [4.69, 9.17) is 9.47 Å². The Bertz CT molecular complexity index is 782. The largest absolute Gasteiger partial charge is 0.462 e. The van der Waals surface area contributed by atoms with Crippen LogP contribution in [-0.4, -0.2) is 36.4 Å². The number of aliphatic hydroxyl groups is 1. The molecule has 0 fully saturated rings. The third-order valence-electron chi connectivity index (χ3n) is 8.10. The number of aliphatic hydroxyl groups excluding tert-OH is 1. The summed E-state index contributed by atoms with van der Waals surface area (Å²) in [5.41, 5.74) is 0. The summed E-state index contributed by atoms with van der Waals surface area (Å²) in [5.74, 6) is -0.642. The van der Waals surface area contributed by atoms with E-state index in [0.717, 1.165) is 51.4 Å². The third-order valence-corrected chi connectivity index (χ3v) is 8.10. The predicted molar refractivity (Wildman–Crippen MR) is 196 cm³/mol. The summed E-state index contributed by atoms with van der Waals surface area (Å²) in [7, 11) is 0. The van der Waals surface area contributed by atoms with Crippen LogP contribution in [0.15, 0.2) is 48.6 Å². The highest BCUT2D eigenvalue weighted by molar-refractivity contribution is 5.70. The van der Waals surface area contributed by atoms with Crippen molar-refractivity contribution in [1.82, 2.24) is 0 Å². The normalized spacial score (nSPS) is 12.7. The maximum atomic E-state index is 12.2. The molecule has 0 aliphatic rings. The molecule has 0 spiro atoms. The molecule has 0 aromatic heterocycles. The van der Waals surface area contributed by atoms with Crippen LogP contribution in [0.2, 0.25) is 0 Å². The van der Waals surface area contributed by atoms with Gasteiger partial charge in [0, 0.05) is 12.8 Å². The predicted octanol–water partition coefficient (Wildman–Crippen LogP) is 11.8. The first-order chi connectivity index (χ1) is 22.6. The van der Waals surface area contributed by atoms with Gasteiger partial charge < -0.3 is 14.6 Å². The van der Waals surface area contributed by atoms with Crippen molar-refractivity contribution < 1.29 is 24.2 Å². The minimum atomic E-state index is -0.788. The number of allylic oxidation sites excluding steroid dienone is 8. The Morgan fingerprint density at radius 2 is 0.870 bits per heavy atom. The number of carbonyl (C=O) groups is 2. The fraction of sp³-hybridized carbons (Fsp3) is 0.756. The third kappa shape index (κ3) is 34.7. The number of rotatable bonds is 34. The summed E-state index contributed by atoms with van der Waals surface area (Å²) in [6.45, 7) is 4.06. The van der Waals surface area contributed by atoms with Crippen molar-refractivity contribution in [1.29, 1.82) is 0 Å². The van der Waals surface area contributed by atoms with Gasteiger partial charge in [-0.15, -0.1) is 0 Å². The molecule has 0 saturated carbocycles. The van der Waals surface area contributed by atoms with Gasteiger partial charge in [-0.1, -0.05) is 140 Å². The number of carbonyl (C=O) groups excluding carboxylic acids is 2. The molecule has 0 rings (SSSR count). The maximum absolute atomic E-state index is 12.2. The first kappa shape index (κ1) is 43.9. The van der Waals surface area contributed by atoms with Gasteiger partial charge in [0.05, 0.1) is 6.61 Å². The molecular weight excluding hydrogens is 572 g/mol. The molecule has 0 aromatic rings. The molecule has 0 heterocycles. The number of hydrogen-bond acceptors (Lipinski definition) is 5. The van der Waals surface area contributed by atoms with Gasteiger partial charge in [0.25, 0.3) is 0 Å². The van der Waals surface area contributed by atoms with Crippen LogP contribution in [0, 0.1) is 0 Å². The average molecular weight is 645 g/mol. The Balaban J connectivity index is 3.63.